The zero-order chi connectivity index (χ0) is 21.4. The predicted octanol–water partition coefficient (Wildman–Crippen LogP) is 5.22. The zero-order valence-corrected chi connectivity index (χ0v) is 18.2. The largest absolute Gasteiger partial charge is 0.368 e. The van der Waals surface area contributed by atoms with E-state index in [1.165, 1.54) is 11.3 Å². The molecule has 1 aliphatic heterocycles. The van der Waals surface area contributed by atoms with E-state index in [0.29, 0.717) is 5.92 Å². The van der Waals surface area contributed by atoms with Crippen LogP contribution in [0.15, 0.2) is 78.9 Å². The van der Waals surface area contributed by atoms with Crippen molar-refractivity contribution < 1.29 is 4.79 Å². The molecule has 3 aromatic rings. The van der Waals surface area contributed by atoms with Crippen LogP contribution in [0.2, 0.25) is 0 Å². The molecule has 4 heteroatoms. The van der Waals surface area contributed by atoms with Gasteiger partial charge in [-0.25, -0.2) is 0 Å². The van der Waals surface area contributed by atoms with Crippen molar-refractivity contribution in [3.63, 3.8) is 0 Å². The van der Waals surface area contributed by atoms with Crippen LogP contribution in [-0.4, -0.2) is 41.6 Å². The van der Waals surface area contributed by atoms with Crippen molar-refractivity contribution in [3.8, 4) is 0 Å². The number of piperazine rings is 1. The second-order valence-electron chi connectivity index (χ2n) is 8.70. The number of nitrogens with zero attached hydrogens (tertiary/aromatic N) is 3. The Morgan fingerprint density at radius 1 is 0.903 bits per heavy atom. The summed E-state index contributed by atoms with van der Waals surface area (Å²) in [6, 6.07) is 19.2. The highest BCUT2D eigenvalue weighted by molar-refractivity contribution is 5.99. The number of rotatable bonds is 3. The van der Waals surface area contributed by atoms with E-state index < -0.39 is 0 Å². The van der Waals surface area contributed by atoms with E-state index in [4.69, 9.17) is 0 Å². The van der Waals surface area contributed by atoms with Gasteiger partial charge in [0.25, 0.3) is 5.91 Å². The molecule has 2 aliphatic rings. The van der Waals surface area contributed by atoms with Crippen molar-refractivity contribution in [3.05, 3.63) is 90.2 Å². The zero-order valence-electron chi connectivity index (χ0n) is 18.2. The van der Waals surface area contributed by atoms with Crippen molar-refractivity contribution in [1.82, 2.24) is 9.47 Å². The lowest BCUT2D eigenvalue weighted by Gasteiger charge is -2.36. The lowest BCUT2D eigenvalue weighted by Crippen LogP contribution is -2.49. The van der Waals surface area contributed by atoms with E-state index in [0.717, 1.165) is 42.8 Å². The molecule has 2 heterocycles. The van der Waals surface area contributed by atoms with Gasteiger partial charge in [0.05, 0.1) is 6.04 Å². The number of carbonyl (C=O) groups is 1. The van der Waals surface area contributed by atoms with Gasteiger partial charge in [-0.15, -0.1) is 0 Å². The summed E-state index contributed by atoms with van der Waals surface area (Å²) in [5, 5.41) is 1.12. The van der Waals surface area contributed by atoms with E-state index in [-0.39, 0.29) is 11.9 Å². The van der Waals surface area contributed by atoms with Gasteiger partial charge in [0.2, 0.25) is 0 Å². The summed E-state index contributed by atoms with van der Waals surface area (Å²) in [4.78, 5) is 18.1. The Morgan fingerprint density at radius 3 is 2.45 bits per heavy atom. The molecule has 0 bridgehead atoms. The maximum Gasteiger partial charge on any atom is 0.270 e. The first-order valence-corrected chi connectivity index (χ1v) is 11.2. The minimum Gasteiger partial charge on any atom is -0.368 e. The summed E-state index contributed by atoms with van der Waals surface area (Å²) in [6.07, 6.45) is 8.62. The van der Waals surface area contributed by atoms with Crippen LogP contribution < -0.4 is 4.90 Å². The van der Waals surface area contributed by atoms with Crippen LogP contribution in [0.5, 0.6) is 0 Å². The highest BCUT2D eigenvalue weighted by Gasteiger charge is 2.28. The molecule has 31 heavy (non-hydrogen) atoms. The first-order chi connectivity index (χ1) is 15.1. The third kappa shape index (κ3) is 3.67. The normalized spacial score (nSPS) is 21.1. The maximum atomic E-state index is 13.7. The summed E-state index contributed by atoms with van der Waals surface area (Å²) >= 11 is 0. The monoisotopic (exact) mass is 411 g/mol. The molecule has 0 N–H and O–H groups in total. The molecular weight excluding hydrogens is 382 g/mol. The minimum atomic E-state index is 0.134. The van der Waals surface area contributed by atoms with Crippen LogP contribution in [0.1, 0.15) is 29.0 Å². The van der Waals surface area contributed by atoms with Crippen LogP contribution in [0, 0.1) is 12.8 Å². The van der Waals surface area contributed by atoms with Gasteiger partial charge in [-0.2, -0.15) is 0 Å². The van der Waals surface area contributed by atoms with Crippen molar-refractivity contribution >= 4 is 22.5 Å². The van der Waals surface area contributed by atoms with Gasteiger partial charge in [0.15, 0.2) is 0 Å². The SMILES string of the molecule is Cc1cccc(N2CCN(C(=O)c3cc4ccccc4n3C3C=CC=CC3C)CC2)c1. The molecule has 0 radical (unpaired) electrons. The van der Waals surface area contributed by atoms with E-state index in [1.54, 1.807) is 0 Å². The number of fused-ring (bicyclic) bond motifs is 1. The maximum absolute atomic E-state index is 13.7. The molecule has 1 amide bonds. The van der Waals surface area contributed by atoms with Crippen molar-refractivity contribution in [2.45, 2.75) is 19.9 Å². The first-order valence-electron chi connectivity index (χ1n) is 11.2. The van der Waals surface area contributed by atoms with Crippen LogP contribution in [0.3, 0.4) is 0 Å². The van der Waals surface area contributed by atoms with Gasteiger partial charge in [-0.05, 0) is 42.7 Å². The molecule has 0 spiro atoms. The predicted molar refractivity (Wildman–Crippen MR) is 128 cm³/mol. The fraction of sp³-hybridized carbons (Fsp3) is 0.296. The van der Waals surface area contributed by atoms with Gasteiger partial charge >= 0.3 is 0 Å². The van der Waals surface area contributed by atoms with Gasteiger partial charge < -0.3 is 14.4 Å². The second-order valence-corrected chi connectivity index (χ2v) is 8.70. The van der Waals surface area contributed by atoms with E-state index in [9.17, 15) is 4.79 Å². The summed E-state index contributed by atoms with van der Waals surface area (Å²) in [5.74, 6) is 0.473. The lowest BCUT2D eigenvalue weighted by molar-refractivity contribution is 0.0734. The number of anilines is 1. The molecule has 1 fully saturated rings. The molecular formula is C27H29N3O. The minimum absolute atomic E-state index is 0.134. The van der Waals surface area contributed by atoms with Crippen LogP contribution in [0.25, 0.3) is 10.9 Å². The molecule has 0 saturated carbocycles. The molecule has 4 nitrogen and oxygen atoms in total. The van der Waals surface area contributed by atoms with Crippen molar-refractivity contribution in [1.29, 1.82) is 0 Å². The number of aromatic nitrogens is 1. The molecule has 2 atom stereocenters. The third-order valence-corrected chi connectivity index (χ3v) is 6.57. The highest BCUT2D eigenvalue weighted by atomic mass is 16.2. The third-order valence-electron chi connectivity index (χ3n) is 6.57. The number of para-hydroxylation sites is 1. The van der Waals surface area contributed by atoms with Gasteiger partial charge in [-0.1, -0.05) is 61.6 Å². The topological polar surface area (TPSA) is 28.5 Å². The quantitative estimate of drug-likeness (QED) is 0.591. The Labute approximate surface area is 184 Å². The Morgan fingerprint density at radius 2 is 1.68 bits per heavy atom. The Hall–Kier alpha value is -3.27. The number of aryl methyl sites for hydroxylation is 1. The van der Waals surface area contributed by atoms with E-state index in [2.05, 4.69) is 96.1 Å². The smallest absolute Gasteiger partial charge is 0.270 e. The standard InChI is InChI=1S/C27H29N3O/c1-20-8-7-11-23(18-20)28-14-16-29(17-15-28)27(31)26-19-22-10-4-6-13-25(22)30(26)24-12-5-3-9-21(24)2/h3-13,18-19,21,24H,14-17H2,1-2H3. The fourth-order valence-electron chi connectivity index (χ4n) is 4.84. The van der Waals surface area contributed by atoms with Crippen molar-refractivity contribution in [2.24, 2.45) is 5.92 Å². The van der Waals surface area contributed by atoms with Crippen molar-refractivity contribution in [2.75, 3.05) is 31.1 Å². The number of carbonyl (C=O) groups excluding carboxylic acids is 1. The summed E-state index contributed by atoms with van der Waals surface area (Å²) in [5.41, 5.74) is 4.43. The molecule has 1 aromatic heterocycles. The molecule has 5 rings (SSSR count). The van der Waals surface area contributed by atoms with Crippen LogP contribution in [0.4, 0.5) is 5.69 Å². The van der Waals surface area contributed by atoms with E-state index >= 15 is 0 Å². The Bertz CT molecular complexity index is 1160. The van der Waals surface area contributed by atoms with Crippen LogP contribution in [-0.2, 0) is 0 Å². The van der Waals surface area contributed by atoms with Gasteiger partial charge in [0, 0.05) is 42.8 Å². The summed E-state index contributed by atoms with van der Waals surface area (Å²) in [7, 11) is 0. The highest BCUT2D eigenvalue weighted by Crippen LogP contribution is 2.32. The Balaban J connectivity index is 1.42. The number of allylic oxidation sites excluding steroid dienone is 4. The summed E-state index contributed by atoms with van der Waals surface area (Å²) < 4.78 is 2.25. The molecule has 2 aromatic carbocycles. The number of benzene rings is 2. The first kappa shape index (κ1) is 19.7. The fourth-order valence-corrected chi connectivity index (χ4v) is 4.84. The number of hydrogen-bond acceptors (Lipinski definition) is 2. The lowest BCUT2D eigenvalue weighted by atomic mass is 9.96. The van der Waals surface area contributed by atoms with Gasteiger partial charge in [0.1, 0.15) is 5.69 Å². The average molecular weight is 412 g/mol. The molecule has 1 saturated heterocycles. The Kier molecular flexibility index (Phi) is 5.14. The average Bonchev–Trinajstić information content (AvgIpc) is 3.18. The second kappa shape index (κ2) is 8.10. The molecule has 2 unspecified atom stereocenters. The molecule has 158 valence electrons. The number of amides is 1. The van der Waals surface area contributed by atoms with Crippen LogP contribution >= 0.6 is 0 Å². The van der Waals surface area contributed by atoms with E-state index in [1.807, 2.05) is 11.0 Å². The summed E-state index contributed by atoms with van der Waals surface area (Å²) in [6.45, 7) is 7.54. The molecule has 1 aliphatic carbocycles. The number of hydrogen-bond donors (Lipinski definition) is 0. The van der Waals surface area contributed by atoms with Gasteiger partial charge in [-0.3, -0.25) is 4.79 Å².